The van der Waals surface area contributed by atoms with E-state index in [9.17, 15) is 18.7 Å². The summed E-state index contributed by atoms with van der Waals surface area (Å²) in [6, 6.07) is 7.50. The van der Waals surface area contributed by atoms with Crippen molar-refractivity contribution < 1.29 is 28.2 Å². The van der Waals surface area contributed by atoms with Crippen LogP contribution in [0.1, 0.15) is 41.8 Å². The molecule has 1 aliphatic heterocycles. The van der Waals surface area contributed by atoms with Crippen LogP contribution in [-0.4, -0.2) is 59.2 Å². The highest BCUT2D eigenvalue weighted by Gasteiger charge is 2.28. The predicted octanol–water partition coefficient (Wildman–Crippen LogP) is 3.75. The van der Waals surface area contributed by atoms with Crippen molar-refractivity contribution in [2.75, 3.05) is 6.54 Å². The van der Waals surface area contributed by atoms with Crippen molar-refractivity contribution in [1.29, 1.82) is 0 Å². The van der Waals surface area contributed by atoms with Crippen molar-refractivity contribution in [1.82, 2.24) is 29.4 Å². The molecule has 0 spiro atoms. The summed E-state index contributed by atoms with van der Waals surface area (Å²) < 4.78 is 40.1. The number of halogens is 2. The Morgan fingerprint density at radius 1 is 1.18 bits per heavy atom. The molecule has 3 aromatic heterocycles. The molecule has 10 nitrogen and oxygen atoms in total. The van der Waals surface area contributed by atoms with E-state index in [0.717, 1.165) is 42.4 Å². The zero-order valence-corrected chi connectivity index (χ0v) is 20.8. The zero-order chi connectivity index (χ0) is 26.8. The number of nitrogens with zero attached hydrogens (tertiary/aromatic N) is 6. The molecular weight excluding hydrogens is 498 g/mol. The molecule has 2 atom stereocenters. The number of aromatic nitrogens is 5. The summed E-state index contributed by atoms with van der Waals surface area (Å²) in [6.45, 7) is 3.40. The molecule has 1 aromatic carbocycles. The Kier molecular flexibility index (Phi) is 7.14. The fourth-order valence-electron chi connectivity index (χ4n) is 4.54. The van der Waals surface area contributed by atoms with E-state index in [2.05, 4.69) is 26.8 Å². The summed E-state index contributed by atoms with van der Waals surface area (Å²) in [4.78, 5) is 30.4. The third-order valence-corrected chi connectivity index (χ3v) is 6.61. The van der Waals surface area contributed by atoms with E-state index in [0.29, 0.717) is 18.5 Å². The van der Waals surface area contributed by atoms with Crippen LogP contribution in [0.15, 0.2) is 42.7 Å². The first-order chi connectivity index (χ1) is 18.3. The Bertz CT molecular complexity index is 1480. The van der Waals surface area contributed by atoms with E-state index in [-0.39, 0.29) is 36.0 Å². The summed E-state index contributed by atoms with van der Waals surface area (Å²) in [7, 11) is 1.90. The SMILES string of the molecule is CC1CC(Oc2ccnc(COc3ncc(F)cc3F)n2)CCN1Cc1nc2ccc(C(=O)O)cc2n1C. The molecule has 1 N–H and O–H groups in total. The number of imidazole rings is 1. The van der Waals surface area contributed by atoms with Crippen LogP contribution in [0, 0.1) is 11.6 Å². The molecule has 5 rings (SSSR count). The van der Waals surface area contributed by atoms with Crippen LogP contribution in [0.4, 0.5) is 8.78 Å². The third-order valence-electron chi connectivity index (χ3n) is 6.61. The van der Waals surface area contributed by atoms with Gasteiger partial charge < -0.3 is 19.1 Å². The molecule has 0 aliphatic carbocycles. The summed E-state index contributed by atoms with van der Waals surface area (Å²) in [5.41, 5.74) is 1.78. The lowest BCUT2D eigenvalue weighted by Gasteiger charge is -2.37. The van der Waals surface area contributed by atoms with E-state index < -0.39 is 17.6 Å². The topological polar surface area (TPSA) is 115 Å². The molecule has 12 heteroatoms. The molecule has 4 aromatic rings. The Hall–Kier alpha value is -4.19. The van der Waals surface area contributed by atoms with Gasteiger partial charge in [0.15, 0.2) is 11.6 Å². The van der Waals surface area contributed by atoms with Crippen molar-refractivity contribution in [2.45, 2.75) is 45.1 Å². The number of ether oxygens (including phenoxy) is 2. The number of hydrogen-bond donors (Lipinski definition) is 1. The molecule has 4 heterocycles. The number of pyridine rings is 1. The second-order valence-corrected chi connectivity index (χ2v) is 9.22. The predicted molar refractivity (Wildman–Crippen MR) is 132 cm³/mol. The Labute approximate surface area is 216 Å². The number of fused-ring (bicyclic) bond motifs is 1. The second kappa shape index (κ2) is 10.7. The summed E-state index contributed by atoms with van der Waals surface area (Å²) in [5, 5.41) is 9.28. The average molecular weight is 525 g/mol. The first-order valence-electron chi connectivity index (χ1n) is 12.1. The van der Waals surface area contributed by atoms with Crippen LogP contribution in [0.3, 0.4) is 0 Å². The highest BCUT2D eigenvalue weighted by Crippen LogP contribution is 2.25. The fourth-order valence-corrected chi connectivity index (χ4v) is 4.54. The van der Waals surface area contributed by atoms with Crippen molar-refractivity contribution in [3.63, 3.8) is 0 Å². The molecule has 2 unspecified atom stereocenters. The molecule has 0 bridgehead atoms. The van der Waals surface area contributed by atoms with E-state index in [1.807, 2.05) is 11.6 Å². The first-order valence-corrected chi connectivity index (χ1v) is 12.1. The number of aromatic carboxylic acids is 1. The Balaban J connectivity index is 1.18. The molecule has 1 fully saturated rings. The van der Waals surface area contributed by atoms with Crippen molar-refractivity contribution in [2.24, 2.45) is 7.05 Å². The van der Waals surface area contributed by atoms with E-state index >= 15 is 0 Å². The van der Waals surface area contributed by atoms with Crippen LogP contribution >= 0.6 is 0 Å². The summed E-state index contributed by atoms with van der Waals surface area (Å²) in [6.07, 6.45) is 3.90. The van der Waals surface area contributed by atoms with Gasteiger partial charge in [-0.2, -0.15) is 4.98 Å². The number of benzene rings is 1. The van der Waals surface area contributed by atoms with Gasteiger partial charge >= 0.3 is 5.97 Å². The van der Waals surface area contributed by atoms with Crippen LogP contribution in [0.5, 0.6) is 11.8 Å². The van der Waals surface area contributed by atoms with Gasteiger partial charge in [-0.15, -0.1) is 0 Å². The van der Waals surface area contributed by atoms with Crippen molar-refractivity contribution in [3.05, 3.63) is 71.6 Å². The molecule has 1 saturated heterocycles. The highest BCUT2D eigenvalue weighted by molar-refractivity contribution is 5.92. The molecule has 0 radical (unpaired) electrons. The largest absolute Gasteiger partial charge is 0.478 e. The van der Waals surface area contributed by atoms with Gasteiger partial charge in [0.1, 0.15) is 24.4 Å². The molecule has 0 saturated carbocycles. The van der Waals surface area contributed by atoms with Crippen molar-refractivity contribution >= 4 is 17.0 Å². The smallest absolute Gasteiger partial charge is 0.335 e. The minimum Gasteiger partial charge on any atom is -0.478 e. The van der Waals surface area contributed by atoms with Crippen LogP contribution in [-0.2, 0) is 20.2 Å². The number of rotatable bonds is 8. The maximum absolute atomic E-state index is 13.7. The minimum atomic E-state index is -0.965. The highest BCUT2D eigenvalue weighted by atomic mass is 19.1. The quantitative estimate of drug-likeness (QED) is 0.368. The summed E-state index contributed by atoms with van der Waals surface area (Å²) in [5.74, 6) is -1.45. The zero-order valence-electron chi connectivity index (χ0n) is 20.8. The monoisotopic (exact) mass is 524 g/mol. The van der Waals surface area contributed by atoms with E-state index in [1.165, 1.54) is 6.20 Å². The number of hydrogen-bond acceptors (Lipinski definition) is 8. The first kappa shape index (κ1) is 25.5. The molecule has 1 aliphatic rings. The van der Waals surface area contributed by atoms with Gasteiger partial charge in [-0.1, -0.05) is 0 Å². The molecule has 0 amide bonds. The standard InChI is InChI=1S/C26H26F2N6O4/c1-15-9-18(38-24-5-7-29-22(32-24)14-37-25-19(28)11-17(27)12-30-25)6-8-34(15)13-23-31-20-4-3-16(26(35)36)10-21(20)33(23)2/h3-5,7,10-12,15,18H,6,8-9,13-14H2,1-2H3,(H,35,36). The number of piperidine rings is 1. The normalized spacial score (nSPS) is 18.0. The average Bonchev–Trinajstić information content (AvgIpc) is 3.20. The number of carboxylic acid groups (broad SMARTS) is 1. The maximum atomic E-state index is 13.7. The van der Waals surface area contributed by atoms with Gasteiger partial charge in [-0.25, -0.2) is 28.5 Å². The lowest BCUT2D eigenvalue weighted by molar-refractivity contribution is 0.0538. The Morgan fingerprint density at radius 3 is 2.79 bits per heavy atom. The number of likely N-dealkylation sites (tertiary alicyclic amines) is 1. The lowest BCUT2D eigenvalue weighted by atomic mass is 10.0. The van der Waals surface area contributed by atoms with Crippen LogP contribution in [0.25, 0.3) is 11.0 Å². The Morgan fingerprint density at radius 2 is 2.03 bits per heavy atom. The van der Waals surface area contributed by atoms with Crippen LogP contribution in [0.2, 0.25) is 0 Å². The van der Waals surface area contributed by atoms with E-state index in [4.69, 9.17) is 14.5 Å². The lowest BCUT2D eigenvalue weighted by Crippen LogP contribution is -2.44. The fraction of sp³-hybridized carbons (Fsp3) is 0.346. The van der Waals surface area contributed by atoms with Gasteiger partial charge in [0, 0.05) is 38.0 Å². The third kappa shape index (κ3) is 5.54. The number of aryl methyl sites for hydroxylation is 1. The van der Waals surface area contributed by atoms with Gasteiger partial charge in [0.2, 0.25) is 5.88 Å². The van der Waals surface area contributed by atoms with Gasteiger partial charge in [-0.05, 0) is 38.0 Å². The number of carboxylic acids is 1. The minimum absolute atomic E-state index is 0.0558. The second-order valence-electron chi connectivity index (χ2n) is 9.22. The molecular formula is C26H26F2N6O4. The number of carbonyl (C=O) groups is 1. The van der Waals surface area contributed by atoms with E-state index in [1.54, 1.807) is 24.3 Å². The van der Waals surface area contributed by atoms with Crippen LogP contribution < -0.4 is 9.47 Å². The maximum Gasteiger partial charge on any atom is 0.335 e. The van der Waals surface area contributed by atoms with Gasteiger partial charge in [0.05, 0.1) is 29.3 Å². The molecule has 198 valence electrons. The van der Waals surface area contributed by atoms with Gasteiger partial charge in [-0.3, -0.25) is 4.90 Å². The molecule has 38 heavy (non-hydrogen) atoms. The van der Waals surface area contributed by atoms with Crippen molar-refractivity contribution in [3.8, 4) is 11.8 Å². The van der Waals surface area contributed by atoms with Gasteiger partial charge in [0.25, 0.3) is 5.88 Å². The summed E-state index contributed by atoms with van der Waals surface area (Å²) >= 11 is 0.